The van der Waals surface area contributed by atoms with Crippen LogP contribution in [0.15, 0.2) is 51.0 Å². The minimum absolute atomic E-state index is 0.0694. The summed E-state index contributed by atoms with van der Waals surface area (Å²) < 4.78 is 7.65. The minimum atomic E-state index is -0.0694. The number of hydrogen-bond donors (Lipinski definition) is 0. The molecular formula is C17H15BrClN3O2S. The van der Waals surface area contributed by atoms with Crippen molar-refractivity contribution in [2.24, 2.45) is 0 Å². The Labute approximate surface area is 162 Å². The van der Waals surface area contributed by atoms with Crippen LogP contribution in [0, 0.1) is 0 Å². The lowest BCUT2D eigenvalue weighted by molar-refractivity contribution is 0.183. The van der Waals surface area contributed by atoms with Crippen molar-refractivity contribution in [2.75, 3.05) is 13.7 Å². The molecule has 0 radical (unpaired) electrons. The second-order valence-electron chi connectivity index (χ2n) is 5.28. The van der Waals surface area contributed by atoms with E-state index in [0.717, 1.165) is 10.0 Å². The number of hydrogen-bond acceptors (Lipinski definition) is 5. The molecule has 0 bridgehead atoms. The highest BCUT2D eigenvalue weighted by atomic mass is 79.9. The number of benzene rings is 1. The Morgan fingerprint density at radius 1 is 1.32 bits per heavy atom. The maximum absolute atomic E-state index is 12.9. The lowest BCUT2D eigenvalue weighted by Gasteiger charge is -2.13. The molecule has 0 amide bonds. The second kappa shape index (κ2) is 8.31. The van der Waals surface area contributed by atoms with E-state index < -0.39 is 0 Å². The zero-order valence-electron chi connectivity index (χ0n) is 13.4. The van der Waals surface area contributed by atoms with Crippen molar-refractivity contribution in [1.29, 1.82) is 0 Å². The molecule has 0 aliphatic carbocycles. The molecule has 0 aliphatic rings. The molecule has 0 atom stereocenters. The van der Waals surface area contributed by atoms with E-state index in [1.165, 1.54) is 11.8 Å². The molecular weight excluding hydrogens is 426 g/mol. The SMILES string of the molecule is COCCn1c(SCc2ccc(Cl)nc2)nc2ccc(Br)cc2c1=O. The summed E-state index contributed by atoms with van der Waals surface area (Å²) in [5, 5.41) is 1.70. The third-order valence-electron chi connectivity index (χ3n) is 3.56. The third kappa shape index (κ3) is 4.41. The topological polar surface area (TPSA) is 57.0 Å². The van der Waals surface area contributed by atoms with E-state index in [1.807, 2.05) is 18.2 Å². The summed E-state index contributed by atoms with van der Waals surface area (Å²) in [5.74, 6) is 0.644. The largest absolute Gasteiger partial charge is 0.383 e. The summed E-state index contributed by atoms with van der Waals surface area (Å²) in [6.07, 6.45) is 1.73. The molecule has 8 heteroatoms. The number of nitrogens with zero attached hydrogens (tertiary/aromatic N) is 3. The van der Waals surface area contributed by atoms with Crippen LogP contribution in [0.1, 0.15) is 5.56 Å². The number of rotatable bonds is 6. The maximum atomic E-state index is 12.9. The summed E-state index contributed by atoms with van der Waals surface area (Å²) in [4.78, 5) is 21.6. The van der Waals surface area contributed by atoms with E-state index in [9.17, 15) is 4.79 Å². The Hall–Kier alpha value is -1.41. The van der Waals surface area contributed by atoms with Crippen LogP contribution in [0.4, 0.5) is 0 Å². The minimum Gasteiger partial charge on any atom is -0.383 e. The first kappa shape index (κ1) is 18.4. The molecule has 130 valence electrons. The Bertz CT molecular complexity index is 947. The lowest BCUT2D eigenvalue weighted by atomic mass is 10.2. The molecule has 25 heavy (non-hydrogen) atoms. The maximum Gasteiger partial charge on any atom is 0.262 e. The molecule has 2 heterocycles. The van der Waals surface area contributed by atoms with Crippen LogP contribution in [-0.4, -0.2) is 28.3 Å². The fraction of sp³-hybridized carbons (Fsp3) is 0.235. The Balaban J connectivity index is 1.97. The normalized spacial score (nSPS) is 11.2. The monoisotopic (exact) mass is 439 g/mol. The Morgan fingerprint density at radius 3 is 2.88 bits per heavy atom. The summed E-state index contributed by atoms with van der Waals surface area (Å²) in [6, 6.07) is 9.19. The van der Waals surface area contributed by atoms with E-state index in [1.54, 1.807) is 30.0 Å². The Kier molecular flexibility index (Phi) is 6.11. The summed E-state index contributed by atoms with van der Waals surface area (Å²) >= 11 is 10.7. The van der Waals surface area contributed by atoms with Gasteiger partial charge in [-0.3, -0.25) is 9.36 Å². The number of ether oxygens (including phenoxy) is 1. The number of fused-ring (bicyclic) bond motifs is 1. The van der Waals surface area contributed by atoms with E-state index in [2.05, 4.69) is 25.9 Å². The van der Waals surface area contributed by atoms with Crippen LogP contribution in [-0.2, 0) is 17.0 Å². The van der Waals surface area contributed by atoms with Crippen molar-refractivity contribution in [1.82, 2.24) is 14.5 Å². The molecule has 5 nitrogen and oxygen atoms in total. The molecule has 0 spiro atoms. The van der Waals surface area contributed by atoms with E-state index >= 15 is 0 Å². The fourth-order valence-electron chi connectivity index (χ4n) is 2.30. The Morgan fingerprint density at radius 2 is 2.16 bits per heavy atom. The molecule has 0 saturated carbocycles. The summed E-state index contributed by atoms with van der Waals surface area (Å²) in [7, 11) is 1.61. The van der Waals surface area contributed by atoms with Crippen LogP contribution in [0.25, 0.3) is 10.9 Å². The van der Waals surface area contributed by atoms with Gasteiger partial charge in [0.25, 0.3) is 5.56 Å². The highest BCUT2D eigenvalue weighted by Gasteiger charge is 2.12. The molecule has 0 N–H and O–H groups in total. The number of methoxy groups -OCH3 is 1. The smallest absolute Gasteiger partial charge is 0.262 e. The first-order chi connectivity index (χ1) is 12.1. The van der Waals surface area contributed by atoms with Gasteiger partial charge in [0.1, 0.15) is 5.15 Å². The highest BCUT2D eigenvalue weighted by Crippen LogP contribution is 2.23. The van der Waals surface area contributed by atoms with Crippen molar-refractivity contribution in [3.8, 4) is 0 Å². The molecule has 0 aliphatic heterocycles. The van der Waals surface area contributed by atoms with Crippen molar-refractivity contribution >= 4 is 50.2 Å². The highest BCUT2D eigenvalue weighted by molar-refractivity contribution is 9.10. The van der Waals surface area contributed by atoms with Crippen LogP contribution in [0.5, 0.6) is 0 Å². The molecule has 0 unspecified atom stereocenters. The zero-order valence-corrected chi connectivity index (χ0v) is 16.6. The van der Waals surface area contributed by atoms with Crippen molar-refractivity contribution in [2.45, 2.75) is 17.5 Å². The van der Waals surface area contributed by atoms with Crippen molar-refractivity contribution in [3.05, 3.63) is 62.1 Å². The van der Waals surface area contributed by atoms with Crippen LogP contribution >= 0.6 is 39.3 Å². The van der Waals surface area contributed by atoms with Crippen molar-refractivity contribution < 1.29 is 4.74 Å². The predicted octanol–water partition coefficient (Wildman–Crippen LogP) is 4.15. The second-order valence-corrected chi connectivity index (χ2v) is 7.53. The van der Waals surface area contributed by atoms with Gasteiger partial charge < -0.3 is 4.74 Å². The van der Waals surface area contributed by atoms with Gasteiger partial charge in [0.05, 0.1) is 24.1 Å². The van der Waals surface area contributed by atoms with Crippen molar-refractivity contribution in [3.63, 3.8) is 0 Å². The average molecular weight is 441 g/mol. The molecule has 0 fully saturated rings. The predicted molar refractivity (Wildman–Crippen MR) is 104 cm³/mol. The first-order valence-corrected chi connectivity index (χ1v) is 9.66. The van der Waals surface area contributed by atoms with Gasteiger partial charge in [0, 0.05) is 23.5 Å². The van der Waals surface area contributed by atoms with E-state index in [4.69, 9.17) is 16.3 Å². The molecule has 3 aromatic rings. The molecule has 2 aromatic heterocycles. The van der Waals surface area contributed by atoms with E-state index in [-0.39, 0.29) is 5.56 Å². The van der Waals surface area contributed by atoms with Gasteiger partial charge >= 0.3 is 0 Å². The third-order valence-corrected chi connectivity index (χ3v) is 5.32. The van der Waals surface area contributed by atoms with Gasteiger partial charge in [-0.15, -0.1) is 0 Å². The number of halogens is 2. The molecule has 0 saturated heterocycles. The standard InChI is InChI=1S/C17H15BrClN3O2S/c1-24-7-6-22-16(23)13-8-12(18)3-4-14(13)21-17(22)25-10-11-2-5-15(19)20-9-11/h2-5,8-9H,6-7,10H2,1H3. The number of thioether (sulfide) groups is 1. The quantitative estimate of drug-likeness (QED) is 0.327. The number of pyridine rings is 1. The first-order valence-electron chi connectivity index (χ1n) is 7.51. The summed E-state index contributed by atoms with van der Waals surface area (Å²) in [5.41, 5.74) is 1.62. The van der Waals surface area contributed by atoms with Gasteiger partial charge in [0.15, 0.2) is 5.16 Å². The van der Waals surface area contributed by atoms with Gasteiger partial charge in [-0.2, -0.15) is 0 Å². The molecule has 1 aromatic carbocycles. The summed E-state index contributed by atoms with van der Waals surface area (Å²) in [6.45, 7) is 0.892. The molecule has 3 rings (SSSR count). The van der Waals surface area contributed by atoms with E-state index in [0.29, 0.717) is 40.1 Å². The van der Waals surface area contributed by atoms with Crippen LogP contribution in [0.2, 0.25) is 5.15 Å². The lowest BCUT2D eigenvalue weighted by Crippen LogP contribution is -2.25. The number of aromatic nitrogens is 3. The van der Waals surface area contributed by atoms with Crippen LogP contribution < -0.4 is 5.56 Å². The van der Waals surface area contributed by atoms with Gasteiger partial charge in [-0.1, -0.05) is 45.4 Å². The zero-order chi connectivity index (χ0) is 17.8. The van der Waals surface area contributed by atoms with Gasteiger partial charge in [-0.05, 0) is 29.8 Å². The van der Waals surface area contributed by atoms with Gasteiger partial charge in [-0.25, -0.2) is 9.97 Å². The average Bonchev–Trinajstić information content (AvgIpc) is 2.61. The van der Waals surface area contributed by atoms with Crippen LogP contribution in [0.3, 0.4) is 0 Å². The fourth-order valence-corrected chi connectivity index (χ4v) is 3.73. The van der Waals surface area contributed by atoms with Gasteiger partial charge in [0.2, 0.25) is 0 Å².